The first-order valence-electron chi connectivity index (χ1n) is 11.3. The van der Waals surface area contributed by atoms with Gasteiger partial charge in [-0.25, -0.2) is 9.97 Å². The van der Waals surface area contributed by atoms with Crippen molar-refractivity contribution in [3.63, 3.8) is 0 Å². The van der Waals surface area contributed by atoms with Gasteiger partial charge in [0.15, 0.2) is 5.82 Å². The van der Waals surface area contributed by atoms with E-state index in [-0.39, 0.29) is 11.8 Å². The molecule has 2 fully saturated rings. The number of benzene rings is 1. The van der Waals surface area contributed by atoms with Gasteiger partial charge in [-0.05, 0) is 50.8 Å². The van der Waals surface area contributed by atoms with Gasteiger partial charge in [-0.15, -0.1) is 0 Å². The molecule has 1 aromatic carbocycles. The van der Waals surface area contributed by atoms with E-state index in [1.54, 1.807) is 24.5 Å². The summed E-state index contributed by atoms with van der Waals surface area (Å²) in [7, 11) is 0. The van der Waals surface area contributed by atoms with Gasteiger partial charge in [-0.3, -0.25) is 0 Å². The van der Waals surface area contributed by atoms with Crippen LogP contribution >= 0.6 is 11.6 Å². The van der Waals surface area contributed by atoms with Crippen molar-refractivity contribution in [3.8, 4) is 6.07 Å². The van der Waals surface area contributed by atoms with E-state index in [1.165, 1.54) is 0 Å². The summed E-state index contributed by atoms with van der Waals surface area (Å²) in [6.45, 7) is 6.19. The third-order valence-corrected chi connectivity index (χ3v) is 7.02. The second kappa shape index (κ2) is 8.64. The molecule has 0 amide bonds. The number of rotatable bonds is 5. The number of halogens is 1. The van der Waals surface area contributed by atoms with E-state index in [1.807, 2.05) is 6.92 Å². The van der Waals surface area contributed by atoms with Crippen LogP contribution in [0.3, 0.4) is 0 Å². The van der Waals surface area contributed by atoms with Crippen molar-refractivity contribution in [2.24, 2.45) is 0 Å². The molecule has 1 N–H and O–H groups in total. The first kappa shape index (κ1) is 21.7. The minimum Gasteiger partial charge on any atom is -0.350 e. The van der Waals surface area contributed by atoms with E-state index in [2.05, 4.69) is 50.2 Å². The summed E-state index contributed by atoms with van der Waals surface area (Å²) in [6, 6.07) is 8.04. The Morgan fingerprint density at radius 3 is 2.61 bits per heavy atom. The Bertz CT molecular complexity index is 1200. The smallest absolute Gasteiger partial charge is 0.229 e. The number of nitriles is 1. The van der Waals surface area contributed by atoms with Gasteiger partial charge in [-0.2, -0.15) is 10.2 Å². The van der Waals surface area contributed by atoms with Gasteiger partial charge < -0.3 is 14.7 Å². The highest BCUT2D eigenvalue weighted by atomic mass is 35.5. The fourth-order valence-electron chi connectivity index (χ4n) is 5.01. The van der Waals surface area contributed by atoms with E-state index in [4.69, 9.17) is 21.4 Å². The van der Waals surface area contributed by atoms with Crippen LogP contribution in [0.5, 0.6) is 0 Å². The van der Waals surface area contributed by atoms with Crippen LogP contribution < -0.4 is 10.2 Å². The highest BCUT2D eigenvalue weighted by molar-refractivity contribution is 6.33. The predicted octanol–water partition coefficient (Wildman–Crippen LogP) is 5.48. The number of hydrogen-bond acceptors (Lipinski definition) is 8. The molecule has 2 saturated heterocycles. The number of nitrogens with zero attached hydrogens (tertiary/aromatic N) is 6. The van der Waals surface area contributed by atoms with Gasteiger partial charge in [-0.1, -0.05) is 30.6 Å². The molecule has 3 aromatic rings. The lowest BCUT2D eigenvalue weighted by Gasteiger charge is -2.39. The third-order valence-electron chi connectivity index (χ3n) is 6.71. The van der Waals surface area contributed by atoms with Crippen LogP contribution in [0.25, 0.3) is 0 Å². The molecule has 2 bridgehead atoms. The van der Waals surface area contributed by atoms with Crippen LogP contribution in [0.15, 0.2) is 29.0 Å². The molecule has 9 heteroatoms. The average Bonchev–Trinajstić information content (AvgIpc) is 3.39. The molecule has 4 heterocycles. The lowest BCUT2D eigenvalue weighted by molar-refractivity contribution is 0.304. The highest BCUT2D eigenvalue weighted by Crippen LogP contribution is 2.45. The lowest BCUT2D eigenvalue weighted by atomic mass is 9.90. The Hall–Kier alpha value is -3.18. The van der Waals surface area contributed by atoms with E-state index in [9.17, 15) is 0 Å². The summed E-state index contributed by atoms with van der Waals surface area (Å²) in [5, 5.41) is 17.0. The van der Waals surface area contributed by atoms with E-state index in [0.29, 0.717) is 34.2 Å². The number of hydrogen-bond donors (Lipinski definition) is 1. The zero-order valence-corrected chi connectivity index (χ0v) is 19.7. The van der Waals surface area contributed by atoms with Gasteiger partial charge >= 0.3 is 0 Å². The maximum absolute atomic E-state index is 9.07. The molecule has 2 aliphatic rings. The maximum Gasteiger partial charge on any atom is 0.229 e. The van der Waals surface area contributed by atoms with Crippen molar-refractivity contribution >= 4 is 28.9 Å². The van der Waals surface area contributed by atoms with Gasteiger partial charge in [0.1, 0.15) is 18.0 Å². The van der Waals surface area contributed by atoms with Crippen LogP contribution in [-0.2, 0) is 0 Å². The predicted molar refractivity (Wildman–Crippen MR) is 126 cm³/mol. The van der Waals surface area contributed by atoms with Gasteiger partial charge in [0, 0.05) is 29.5 Å². The van der Waals surface area contributed by atoms with Crippen molar-refractivity contribution < 1.29 is 4.52 Å². The van der Waals surface area contributed by atoms with Crippen molar-refractivity contribution in [2.75, 3.05) is 10.2 Å². The molecule has 5 rings (SSSR count). The largest absolute Gasteiger partial charge is 0.350 e. The normalized spacial score (nSPS) is 21.9. The first-order chi connectivity index (χ1) is 15.9. The minimum absolute atomic E-state index is 0.263. The van der Waals surface area contributed by atoms with Crippen LogP contribution in [0.4, 0.5) is 17.3 Å². The van der Waals surface area contributed by atoms with Gasteiger partial charge in [0.25, 0.3) is 0 Å². The first-order valence-corrected chi connectivity index (χ1v) is 11.7. The van der Waals surface area contributed by atoms with Crippen molar-refractivity contribution in [1.82, 2.24) is 20.1 Å². The topological polar surface area (TPSA) is 104 Å². The third kappa shape index (κ3) is 4.02. The molecule has 2 aliphatic heterocycles. The summed E-state index contributed by atoms with van der Waals surface area (Å²) in [6.07, 6.45) is 5.80. The molecule has 2 aromatic heterocycles. The summed E-state index contributed by atoms with van der Waals surface area (Å²) in [5.74, 6) is 3.77. The number of anilines is 3. The Labute approximate surface area is 198 Å². The molecule has 2 atom stereocenters. The Morgan fingerprint density at radius 2 is 1.97 bits per heavy atom. The quantitative estimate of drug-likeness (QED) is 0.530. The van der Waals surface area contributed by atoms with Crippen molar-refractivity contribution in [2.45, 2.75) is 70.4 Å². The van der Waals surface area contributed by atoms with Crippen LogP contribution in [-0.4, -0.2) is 32.2 Å². The highest BCUT2D eigenvalue weighted by Gasteiger charge is 2.44. The van der Waals surface area contributed by atoms with Crippen molar-refractivity contribution in [1.29, 1.82) is 5.26 Å². The van der Waals surface area contributed by atoms with Crippen molar-refractivity contribution in [3.05, 3.63) is 52.4 Å². The average molecular weight is 464 g/mol. The molecule has 0 saturated carbocycles. The van der Waals surface area contributed by atoms with Gasteiger partial charge in [0.05, 0.1) is 22.3 Å². The van der Waals surface area contributed by atoms with Crippen LogP contribution in [0.1, 0.15) is 74.2 Å². The molecule has 0 spiro atoms. The van der Waals surface area contributed by atoms with E-state index >= 15 is 0 Å². The minimum atomic E-state index is 0.263. The molecule has 33 heavy (non-hydrogen) atoms. The fourth-order valence-corrected chi connectivity index (χ4v) is 5.24. The standard InChI is InChI=1S/C24H26ClN7O/c1-13(2)21-30-24(33-31-21)16-9-17-5-6-18(10-16)32(17)23-14(3)22(27-12-28-23)29-20-7-4-15(11-26)8-19(20)25/h4,7-8,12-13,16-18H,5-6,9-10H2,1-3H3,(H,27,28,29). The summed E-state index contributed by atoms with van der Waals surface area (Å²) >= 11 is 6.36. The molecule has 0 radical (unpaired) electrons. The zero-order chi connectivity index (χ0) is 23.1. The maximum atomic E-state index is 9.07. The number of nitrogens with one attached hydrogen (secondary N) is 1. The Kier molecular flexibility index (Phi) is 5.67. The molecule has 2 unspecified atom stereocenters. The molecule has 170 valence electrons. The Balaban J connectivity index is 1.38. The molecular formula is C24H26ClN7O. The fraction of sp³-hybridized carbons (Fsp3) is 0.458. The van der Waals surface area contributed by atoms with E-state index in [0.717, 1.165) is 48.8 Å². The Morgan fingerprint density at radius 1 is 1.21 bits per heavy atom. The summed E-state index contributed by atoms with van der Waals surface area (Å²) < 4.78 is 5.62. The SMILES string of the molecule is Cc1c(Nc2ccc(C#N)cc2Cl)ncnc1N1C2CCC1CC(c1nc(C(C)C)no1)C2. The molecular weight excluding hydrogens is 438 g/mol. The molecule has 0 aliphatic carbocycles. The summed E-state index contributed by atoms with van der Waals surface area (Å²) in [4.78, 5) is 16.2. The van der Waals surface area contributed by atoms with Crippen LogP contribution in [0, 0.1) is 18.3 Å². The summed E-state index contributed by atoms with van der Waals surface area (Å²) in [5.41, 5.74) is 2.21. The lowest BCUT2D eigenvalue weighted by Crippen LogP contribution is -2.43. The number of piperidine rings is 1. The van der Waals surface area contributed by atoms with Crippen LogP contribution in [0.2, 0.25) is 5.02 Å². The number of fused-ring (bicyclic) bond motifs is 2. The van der Waals surface area contributed by atoms with Gasteiger partial charge in [0.2, 0.25) is 5.89 Å². The second-order valence-electron chi connectivity index (χ2n) is 9.21. The zero-order valence-electron chi connectivity index (χ0n) is 18.9. The second-order valence-corrected chi connectivity index (χ2v) is 9.62. The van der Waals surface area contributed by atoms with E-state index < -0.39 is 0 Å². The monoisotopic (exact) mass is 463 g/mol. The molecule has 8 nitrogen and oxygen atoms in total. The number of aromatic nitrogens is 4.